The first-order chi connectivity index (χ1) is 10.7. The number of rotatable bonds is 4. The lowest BCUT2D eigenvalue weighted by molar-refractivity contribution is -0.138. The van der Waals surface area contributed by atoms with Crippen LogP contribution in [0.2, 0.25) is 0 Å². The van der Waals surface area contributed by atoms with E-state index in [0.29, 0.717) is 12.5 Å². The molecule has 7 heteroatoms. The summed E-state index contributed by atoms with van der Waals surface area (Å²) < 4.78 is 6.21. The molecule has 2 heterocycles. The van der Waals surface area contributed by atoms with Crippen LogP contribution >= 0.6 is 11.3 Å². The maximum atomic E-state index is 12.8. The molecule has 3 rings (SSSR count). The molecule has 0 saturated heterocycles. The topological polar surface area (TPSA) is 73.2 Å². The molecule has 0 amide bonds. The summed E-state index contributed by atoms with van der Waals surface area (Å²) in [6, 6.07) is 0. The fourth-order valence-electron chi connectivity index (χ4n) is 2.89. The number of carbonyl (C=O) groups excluding carboxylic acids is 1. The third-order valence-electron chi connectivity index (χ3n) is 4.01. The first kappa shape index (κ1) is 15.0. The third kappa shape index (κ3) is 2.49. The van der Waals surface area contributed by atoms with Gasteiger partial charge in [-0.15, -0.1) is 11.3 Å². The Kier molecular flexibility index (Phi) is 4.15. The highest BCUT2D eigenvalue weighted by atomic mass is 32.1. The monoisotopic (exact) mass is 321 g/mol. The largest absolute Gasteiger partial charge is 0.468 e. The van der Waals surface area contributed by atoms with Gasteiger partial charge < -0.3 is 10.1 Å². The summed E-state index contributed by atoms with van der Waals surface area (Å²) in [5.41, 5.74) is 1.17. The minimum atomic E-state index is -0.387. The van der Waals surface area contributed by atoms with Crippen LogP contribution in [0.5, 0.6) is 0 Å². The molecule has 1 aliphatic carbocycles. The van der Waals surface area contributed by atoms with Gasteiger partial charge in [0.05, 0.1) is 12.5 Å². The van der Waals surface area contributed by atoms with Crippen LogP contribution in [0.4, 0.5) is 5.95 Å². The van der Waals surface area contributed by atoms with Crippen molar-refractivity contribution in [2.75, 3.05) is 19.0 Å². The van der Waals surface area contributed by atoms with Crippen molar-refractivity contribution in [3.8, 4) is 0 Å². The summed E-state index contributed by atoms with van der Waals surface area (Å²) in [5.74, 6) is 0.0477. The molecule has 0 fully saturated rings. The van der Waals surface area contributed by atoms with Gasteiger partial charge in [0.2, 0.25) is 5.95 Å². The Labute approximate surface area is 132 Å². The molecule has 22 heavy (non-hydrogen) atoms. The van der Waals surface area contributed by atoms with E-state index in [1.165, 1.54) is 24.0 Å². The van der Waals surface area contributed by atoms with Gasteiger partial charge in [0.25, 0.3) is 5.56 Å². The number of nitrogens with one attached hydrogen (secondary N) is 1. The Hall–Kier alpha value is -1.89. The number of aryl methyl sites for hydroxylation is 2. The number of esters is 1. The van der Waals surface area contributed by atoms with Crippen molar-refractivity contribution >= 4 is 33.5 Å². The minimum Gasteiger partial charge on any atom is -0.468 e. The van der Waals surface area contributed by atoms with Crippen molar-refractivity contribution in [3.05, 3.63) is 20.8 Å². The Morgan fingerprint density at radius 1 is 1.41 bits per heavy atom. The first-order valence-electron chi connectivity index (χ1n) is 7.51. The molecule has 6 nitrogen and oxygen atoms in total. The summed E-state index contributed by atoms with van der Waals surface area (Å²) in [4.78, 5) is 30.7. The van der Waals surface area contributed by atoms with Gasteiger partial charge in [-0.3, -0.25) is 14.2 Å². The number of hydrogen-bond acceptors (Lipinski definition) is 6. The van der Waals surface area contributed by atoms with E-state index in [4.69, 9.17) is 0 Å². The fourth-order valence-corrected chi connectivity index (χ4v) is 4.14. The molecule has 0 aliphatic heterocycles. The zero-order chi connectivity index (χ0) is 15.7. The standard InChI is InChI=1S/C15H19N3O3S/c1-3-18-14(20)12-9-6-4-5-7-10(9)22-13(12)17-15(18)16-8-11(19)21-2/h3-8H2,1-2H3,(H,16,17). The van der Waals surface area contributed by atoms with Gasteiger partial charge in [0.1, 0.15) is 11.4 Å². The predicted molar refractivity (Wildman–Crippen MR) is 86.7 cm³/mol. The van der Waals surface area contributed by atoms with E-state index < -0.39 is 0 Å². The quantitative estimate of drug-likeness (QED) is 0.871. The van der Waals surface area contributed by atoms with E-state index in [0.717, 1.165) is 29.5 Å². The van der Waals surface area contributed by atoms with Gasteiger partial charge in [0, 0.05) is 11.4 Å². The molecule has 2 aromatic rings. The maximum Gasteiger partial charge on any atom is 0.325 e. The van der Waals surface area contributed by atoms with Gasteiger partial charge in [-0.25, -0.2) is 4.98 Å². The number of aromatic nitrogens is 2. The van der Waals surface area contributed by atoms with Crippen LogP contribution in [0.3, 0.4) is 0 Å². The Morgan fingerprint density at radius 3 is 2.91 bits per heavy atom. The van der Waals surface area contributed by atoms with E-state index in [9.17, 15) is 9.59 Å². The second-order valence-corrected chi connectivity index (χ2v) is 6.39. The highest BCUT2D eigenvalue weighted by molar-refractivity contribution is 7.18. The fraction of sp³-hybridized carbons (Fsp3) is 0.533. The second kappa shape index (κ2) is 6.08. The Bertz CT molecular complexity index is 778. The van der Waals surface area contributed by atoms with E-state index in [1.54, 1.807) is 15.9 Å². The van der Waals surface area contributed by atoms with E-state index in [1.807, 2.05) is 6.92 Å². The van der Waals surface area contributed by atoms with Gasteiger partial charge in [0.15, 0.2) is 0 Å². The van der Waals surface area contributed by atoms with E-state index in [2.05, 4.69) is 15.0 Å². The summed E-state index contributed by atoms with van der Waals surface area (Å²) in [5, 5.41) is 3.68. The predicted octanol–water partition coefficient (Wildman–Crippen LogP) is 1.94. The first-order valence-corrected chi connectivity index (χ1v) is 8.33. The average Bonchev–Trinajstić information content (AvgIpc) is 2.91. The zero-order valence-electron chi connectivity index (χ0n) is 12.8. The molecule has 0 spiro atoms. The lowest BCUT2D eigenvalue weighted by Crippen LogP contribution is -2.27. The number of methoxy groups -OCH3 is 1. The molecule has 0 saturated carbocycles. The highest BCUT2D eigenvalue weighted by Crippen LogP contribution is 2.34. The van der Waals surface area contributed by atoms with Crippen molar-refractivity contribution in [3.63, 3.8) is 0 Å². The number of nitrogens with zero attached hydrogens (tertiary/aromatic N) is 2. The molecular weight excluding hydrogens is 302 g/mol. The average molecular weight is 321 g/mol. The molecule has 0 radical (unpaired) electrons. The van der Waals surface area contributed by atoms with E-state index >= 15 is 0 Å². The van der Waals surface area contributed by atoms with Crippen LogP contribution < -0.4 is 10.9 Å². The SMILES string of the molecule is CCn1c(NCC(=O)OC)nc2sc3c(c2c1=O)CCCC3. The summed E-state index contributed by atoms with van der Waals surface area (Å²) in [6.07, 6.45) is 4.31. The normalized spacial score (nSPS) is 13.9. The van der Waals surface area contributed by atoms with Gasteiger partial charge in [-0.2, -0.15) is 0 Å². The van der Waals surface area contributed by atoms with Gasteiger partial charge in [-0.05, 0) is 38.2 Å². The van der Waals surface area contributed by atoms with Crippen molar-refractivity contribution in [1.29, 1.82) is 0 Å². The third-order valence-corrected chi connectivity index (χ3v) is 5.20. The van der Waals surface area contributed by atoms with Crippen molar-refractivity contribution in [2.45, 2.75) is 39.2 Å². The van der Waals surface area contributed by atoms with Crippen LogP contribution in [0.15, 0.2) is 4.79 Å². The molecule has 118 valence electrons. The minimum absolute atomic E-state index is 0.000460. The van der Waals surface area contributed by atoms with Crippen LogP contribution in [0.1, 0.15) is 30.2 Å². The van der Waals surface area contributed by atoms with Crippen LogP contribution in [0, 0.1) is 0 Å². The number of anilines is 1. The number of carbonyl (C=O) groups is 1. The number of fused-ring (bicyclic) bond motifs is 3. The molecule has 0 unspecified atom stereocenters. The van der Waals surface area contributed by atoms with Crippen molar-refractivity contribution in [2.24, 2.45) is 0 Å². The summed E-state index contributed by atoms with van der Waals surface area (Å²) in [7, 11) is 1.33. The maximum absolute atomic E-state index is 12.8. The molecular formula is C15H19N3O3S. The molecule has 2 aromatic heterocycles. The summed E-state index contributed by atoms with van der Waals surface area (Å²) in [6.45, 7) is 2.41. The summed E-state index contributed by atoms with van der Waals surface area (Å²) >= 11 is 1.61. The van der Waals surface area contributed by atoms with E-state index in [-0.39, 0.29) is 18.1 Å². The van der Waals surface area contributed by atoms with Crippen LogP contribution in [0.25, 0.3) is 10.2 Å². The molecule has 0 atom stereocenters. The van der Waals surface area contributed by atoms with Crippen molar-refractivity contribution < 1.29 is 9.53 Å². The highest BCUT2D eigenvalue weighted by Gasteiger charge is 2.21. The van der Waals surface area contributed by atoms with Crippen LogP contribution in [-0.2, 0) is 28.9 Å². The lowest BCUT2D eigenvalue weighted by Gasteiger charge is -2.13. The van der Waals surface area contributed by atoms with Gasteiger partial charge >= 0.3 is 5.97 Å². The smallest absolute Gasteiger partial charge is 0.325 e. The van der Waals surface area contributed by atoms with Crippen molar-refractivity contribution in [1.82, 2.24) is 9.55 Å². The second-order valence-electron chi connectivity index (χ2n) is 5.31. The number of thiophene rings is 1. The molecule has 0 aromatic carbocycles. The lowest BCUT2D eigenvalue weighted by atomic mass is 9.97. The van der Waals surface area contributed by atoms with Crippen LogP contribution in [-0.4, -0.2) is 29.2 Å². The molecule has 0 bridgehead atoms. The van der Waals surface area contributed by atoms with Gasteiger partial charge in [-0.1, -0.05) is 0 Å². The zero-order valence-corrected chi connectivity index (χ0v) is 13.6. The molecule has 1 N–H and O–H groups in total. The Balaban J connectivity index is 2.10. The molecule has 1 aliphatic rings. The number of ether oxygens (including phenoxy) is 1. The Morgan fingerprint density at radius 2 is 2.18 bits per heavy atom. The number of hydrogen-bond donors (Lipinski definition) is 1.